The first kappa shape index (κ1) is 14.7. The van der Waals surface area contributed by atoms with Crippen LogP contribution in [0, 0.1) is 13.8 Å². The Morgan fingerprint density at radius 1 is 1.41 bits per heavy atom. The number of imidazole rings is 1. The number of nitrogens with zero attached hydrogens (tertiary/aromatic N) is 2. The maximum absolute atomic E-state index is 12.5. The van der Waals surface area contributed by atoms with Crippen LogP contribution in [0.5, 0.6) is 0 Å². The number of carbonyl (C=O) groups excluding carboxylic acids is 1. The van der Waals surface area contributed by atoms with Gasteiger partial charge in [0, 0.05) is 17.5 Å². The molecule has 3 aromatic rings. The number of hydrogen-bond donors (Lipinski definition) is 2. The van der Waals surface area contributed by atoms with Crippen LogP contribution < -0.4 is 5.32 Å². The number of amides is 1. The molecule has 0 fully saturated rings. The van der Waals surface area contributed by atoms with Crippen molar-refractivity contribution in [1.29, 1.82) is 0 Å². The molecule has 2 N–H and O–H groups in total. The number of H-pyrrole nitrogens is 1. The Labute approximate surface area is 132 Å². The fourth-order valence-corrected chi connectivity index (χ4v) is 3.21. The predicted octanol–water partition coefficient (Wildman–Crippen LogP) is 3.52. The Balaban J connectivity index is 1.82. The van der Waals surface area contributed by atoms with Gasteiger partial charge in [0.05, 0.1) is 21.3 Å². The van der Waals surface area contributed by atoms with Crippen LogP contribution in [0.15, 0.2) is 24.4 Å². The van der Waals surface area contributed by atoms with Crippen LogP contribution in [0.25, 0.3) is 10.2 Å². The van der Waals surface area contributed by atoms with Crippen LogP contribution >= 0.6 is 11.3 Å². The molecule has 0 spiro atoms. The van der Waals surface area contributed by atoms with E-state index >= 15 is 0 Å². The van der Waals surface area contributed by atoms with Gasteiger partial charge in [-0.2, -0.15) is 0 Å². The maximum Gasteiger partial charge on any atom is 0.251 e. The van der Waals surface area contributed by atoms with E-state index in [-0.39, 0.29) is 11.9 Å². The number of nitrogens with one attached hydrogen (secondary N) is 2. The van der Waals surface area contributed by atoms with Crippen molar-refractivity contribution in [3.05, 3.63) is 46.5 Å². The summed E-state index contributed by atoms with van der Waals surface area (Å²) in [6.45, 7) is 5.94. The fraction of sp³-hybridized carbons (Fsp3) is 0.312. The van der Waals surface area contributed by atoms with Crippen LogP contribution in [0.2, 0.25) is 0 Å². The summed E-state index contributed by atoms with van der Waals surface area (Å²) >= 11 is 1.63. The maximum atomic E-state index is 12.5. The number of aromatic nitrogens is 3. The Bertz CT molecular complexity index is 821. The van der Waals surface area contributed by atoms with Gasteiger partial charge in [-0.15, -0.1) is 11.3 Å². The summed E-state index contributed by atoms with van der Waals surface area (Å²) in [4.78, 5) is 24.4. The molecule has 0 aliphatic heterocycles. The molecular weight excluding hydrogens is 296 g/mol. The molecule has 1 amide bonds. The molecule has 22 heavy (non-hydrogen) atoms. The van der Waals surface area contributed by atoms with E-state index in [4.69, 9.17) is 0 Å². The smallest absolute Gasteiger partial charge is 0.251 e. The lowest BCUT2D eigenvalue weighted by atomic mass is 10.1. The number of aryl methyl sites for hydroxylation is 2. The summed E-state index contributed by atoms with van der Waals surface area (Å²) < 4.78 is 1.10. The van der Waals surface area contributed by atoms with E-state index in [0.717, 1.165) is 33.2 Å². The van der Waals surface area contributed by atoms with E-state index in [1.165, 1.54) is 0 Å². The molecule has 0 aliphatic rings. The van der Waals surface area contributed by atoms with Crippen molar-refractivity contribution in [2.75, 3.05) is 0 Å². The minimum atomic E-state index is -0.117. The summed E-state index contributed by atoms with van der Waals surface area (Å²) in [5.41, 5.74) is 2.48. The molecule has 0 aliphatic carbocycles. The minimum absolute atomic E-state index is 0.103. The Morgan fingerprint density at radius 3 is 2.91 bits per heavy atom. The van der Waals surface area contributed by atoms with E-state index in [1.54, 1.807) is 17.5 Å². The quantitative estimate of drug-likeness (QED) is 0.774. The van der Waals surface area contributed by atoms with E-state index in [2.05, 4.69) is 20.3 Å². The van der Waals surface area contributed by atoms with Crippen molar-refractivity contribution in [3.8, 4) is 0 Å². The zero-order valence-corrected chi connectivity index (χ0v) is 13.6. The molecule has 0 unspecified atom stereocenters. The molecule has 0 bridgehead atoms. The summed E-state index contributed by atoms with van der Waals surface area (Å²) in [7, 11) is 0. The number of fused-ring (bicyclic) bond motifs is 1. The summed E-state index contributed by atoms with van der Waals surface area (Å²) in [6.07, 6.45) is 2.55. The second-order valence-corrected chi connectivity index (χ2v) is 6.54. The number of thiazole rings is 1. The standard InChI is InChI=1S/C16H18N4OS/c1-4-12(15-17-8-9(2)18-15)20-16(21)11-5-6-14-13(7-11)19-10(3)22-14/h5-8,12H,4H2,1-3H3,(H,17,18)(H,20,21)/t12-/m0/s1. The van der Waals surface area contributed by atoms with E-state index < -0.39 is 0 Å². The van der Waals surface area contributed by atoms with Crippen molar-refractivity contribution >= 4 is 27.5 Å². The second-order valence-electron chi connectivity index (χ2n) is 5.30. The van der Waals surface area contributed by atoms with Gasteiger partial charge < -0.3 is 10.3 Å². The van der Waals surface area contributed by atoms with Crippen molar-refractivity contribution in [1.82, 2.24) is 20.3 Å². The second kappa shape index (κ2) is 5.88. The van der Waals surface area contributed by atoms with Gasteiger partial charge in [-0.05, 0) is 38.5 Å². The summed E-state index contributed by atoms with van der Waals surface area (Å²) in [6, 6.07) is 5.52. The predicted molar refractivity (Wildman–Crippen MR) is 88.2 cm³/mol. The monoisotopic (exact) mass is 314 g/mol. The van der Waals surface area contributed by atoms with Crippen LogP contribution in [0.3, 0.4) is 0 Å². The van der Waals surface area contributed by atoms with E-state index in [1.807, 2.05) is 39.0 Å². The fourth-order valence-electron chi connectivity index (χ4n) is 2.40. The SMILES string of the molecule is CC[C@H](NC(=O)c1ccc2sc(C)nc2c1)c1ncc(C)[nH]1. The molecule has 0 radical (unpaired) electrons. The first-order chi connectivity index (χ1) is 10.6. The Hall–Kier alpha value is -2.21. The van der Waals surface area contributed by atoms with Crippen molar-refractivity contribution in [2.24, 2.45) is 0 Å². The van der Waals surface area contributed by atoms with Crippen LogP contribution in [-0.4, -0.2) is 20.9 Å². The molecule has 0 saturated carbocycles. The Kier molecular flexibility index (Phi) is 3.94. The lowest BCUT2D eigenvalue weighted by Crippen LogP contribution is -2.28. The molecule has 1 atom stereocenters. The summed E-state index contributed by atoms with van der Waals surface area (Å²) in [5.74, 6) is 0.687. The van der Waals surface area contributed by atoms with Crippen LogP contribution in [0.4, 0.5) is 0 Å². The first-order valence-electron chi connectivity index (χ1n) is 7.26. The Morgan fingerprint density at radius 2 is 2.23 bits per heavy atom. The van der Waals surface area contributed by atoms with Gasteiger partial charge in [0.2, 0.25) is 0 Å². The average Bonchev–Trinajstić information content (AvgIpc) is 3.08. The molecule has 5 nitrogen and oxygen atoms in total. The molecule has 1 aromatic carbocycles. The van der Waals surface area contributed by atoms with Gasteiger partial charge in [0.15, 0.2) is 0 Å². The molecule has 0 saturated heterocycles. The lowest BCUT2D eigenvalue weighted by molar-refractivity contribution is 0.0934. The van der Waals surface area contributed by atoms with Gasteiger partial charge in [-0.1, -0.05) is 6.92 Å². The van der Waals surface area contributed by atoms with Crippen molar-refractivity contribution in [2.45, 2.75) is 33.2 Å². The van der Waals surface area contributed by atoms with E-state index in [0.29, 0.717) is 5.56 Å². The third-order valence-corrected chi connectivity index (χ3v) is 4.47. The molecule has 2 aromatic heterocycles. The van der Waals surface area contributed by atoms with Gasteiger partial charge in [0.25, 0.3) is 5.91 Å². The molecule has 114 valence electrons. The highest BCUT2D eigenvalue weighted by atomic mass is 32.1. The highest BCUT2D eigenvalue weighted by Gasteiger charge is 2.17. The number of hydrogen-bond acceptors (Lipinski definition) is 4. The molecule has 2 heterocycles. The third-order valence-electron chi connectivity index (χ3n) is 3.52. The highest BCUT2D eigenvalue weighted by molar-refractivity contribution is 7.18. The van der Waals surface area contributed by atoms with Crippen LogP contribution in [-0.2, 0) is 0 Å². The number of benzene rings is 1. The first-order valence-corrected chi connectivity index (χ1v) is 8.08. The average molecular weight is 314 g/mol. The van der Waals surface area contributed by atoms with Gasteiger partial charge in [0.1, 0.15) is 5.82 Å². The molecule has 6 heteroatoms. The van der Waals surface area contributed by atoms with Crippen molar-refractivity contribution in [3.63, 3.8) is 0 Å². The highest BCUT2D eigenvalue weighted by Crippen LogP contribution is 2.23. The molecular formula is C16H18N4OS. The molecule has 3 rings (SSSR count). The zero-order valence-electron chi connectivity index (χ0n) is 12.8. The number of aromatic amines is 1. The third kappa shape index (κ3) is 2.87. The van der Waals surface area contributed by atoms with Crippen molar-refractivity contribution < 1.29 is 4.79 Å². The largest absolute Gasteiger partial charge is 0.344 e. The zero-order chi connectivity index (χ0) is 15.7. The topological polar surface area (TPSA) is 70.7 Å². The summed E-state index contributed by atoms with van der Waals surface area (Å²) in [5, 5.41) is 4.03. The number of rotatable bonds is 4. The normalized spacial score (nSPS) is 12.5. The lowest BCUT2D eigenvalue weighted by Gasteiger charge is -2.14. The van der Waals surface area contributed by atoms with Gasteiger partial charge in [-0.25, -0.2) is 9.97 Å². The number of carbonyl (C=O) groups is 1. The van der Waals surface area contributed by atoms with Crippen LogP contribution in [0.1, 0.15) is 46.3 Å². The van der Waals surface area contributed by atoms with Gasteiger partial charge >= 0.3 is 0 Å². The van der Waals surface area contributed by atoms with Gasteiger partial charge in [-0.3, -0.25) is 4.79 Å². The minimum Gasteiger partial charge on any atom is -0.344 e. The van der Waals surface area contributed by atoms with E-state index in [9.17, 15) is 4.79 Å².